The van der Waals surface area contributed by atoms with E-state index < -0.39 is 10.0 Å². The Balaban J connectivity index is 0.00000529. The second-order valence-corrected chi connectivity index (χ2v) is 7.50. The molecule has 0 aromatic heterocycles. The van der Waals surface area contributed by atoms with E-state index in [2.05, 4.69) is 0 Å². The van der Waals surface area contributed by atoms with Crippen LogP contribution in [-0.2, 0) is 10.0 Å². The van der Waals surface area contributed by atoms with Gasteiger partial charge in [-0.25, -0.2) is 8.42 Å². The van der Waals surface area contributed by atoms with E-state index in [-0.39, 0.29) is 29.3 Å². The molecule has 0 bridgehead atoms. The molecule has 2 N–H and O–H groups in total. The standard InChI is InChI=1S/C16H27N3O3S.ClH/c1-6-19(7-2)23(21,22)14-9-8-12(3)15(10-14)16(20)18(5)13(4)11-17;/h8-10,13H,6-7,11,17H2,1-5H3;1H. The Labute approximate surface area is 151 Å². The normalized spacial score (nSPS) is 12.6. The van der Waals surface area contributed by atoms with Crippen LogP contribution in [0.4, 0.5) is 0 Å². The van der Waals surface area contributed by atoms with Crippen LogP contribution in [0.15, 0.2) is 23.1 Å². The van der Waals surface area contributed by atoms with Gasteiger partial charge in [-0.3, -0.25) is 4.79 Å². The van der Waals surface area contributed by atoms with E-state index in [9.17, 15) is 13.2 Å². The second kappa shape index (κ2) is 9.36. The number of halogens is 1. The van der Waals surface area contributed by atoms with Gasteiger partial charge in [0.1, 0.15) is 0 Å². The number of aryl methyl sites for hydroxylation is 1. The minimum atomic E-state index is -3.59. The Hall–Kier alpha value is -1.15. The minimum Gasteiger partial charge on any atom is -0.338 e. The Kier molecular flexibility index (Phi) is 8.91. The maximum atomic E-state index is 12.6. The lowest BCUT2D eigenvalue weighted by atomic mass is 10.1. The fourth-order valence-electron chi connectivity index (χ4n) is 2.25. The van der Waals surface area contributed by atoms with Gasteiger partial charge >= 0.3 is 0 Å². The SMILES string of the molecule is CCN(CC)S(=O)(=O)c1ccc(C)c(C(=O)N(C)C(C)CN)c1.Cl. The Morgan fingerprint density at radius 2 is 1.79 bits per heavy atom. The fraction of sp³-hybridized carbons (Fsp3) is 0.562. The summed E-state index contributed by atoms with van der Waals surface area (Å²) in [6, 6.07) is 4.56. The summed E-state index contributed by atoms with van der Waals surface area (Å²) in [5.74, 6) is -0.225. The van der Waals surface area contributed by atoms with Crippen molar-refractivity contribution in [3.8, 4) is 0 Å². The van der Waals surface area contributed by atoms with Crippen molar-refractivity contribution in [1.29, 1.82) is 0 Å². The van der Waals surface area contributed by atoms with E-state index in [4.69, 9.17) is 5.73 Å². The first-order valence-corrected chi connectivity index (χ1v) is 9.22. The first kappa shape index (κ1) is 22.9. The fourth-order valence-corrected chi connectivity index (χ4v) is 3.74. The van der Waals surface area contributed by atoms with Gasteiger partial charge in [0, 0.05) is 38.3 Å². The van der Waals surface area contributed by atoms with Crippen LogP contribution in [0.2, 0.25) is 0 Å². The van der Waals surface area contributed by atoms with Crippen molar-refractivity contribution in [3.05, 3.63) is 29.3 Å². The summed E-state index contributed by atoms with van der Waals surface area (Å²) in [6.45, 7) is 8.35. The molecule has 8 heteroatoms. The van der Waals surface area contributed by atoms with Crippen LogP contribution >= 0.6 is 12.4 Å². The highest BCUT2D eigenvalue weighted by molar-refractivity contribution is 7.89. The largest absolute Gasteiger partial charge is 0.338 e. The Morgan fingerprint density at radius 1 is 1.25 bits per heavy atom. The van der Waals surface area contributed by atoms with Crippen molar-refractivity contribution in [3.63, 3.8) is 0 Å². The number of amides is 1. The highest BCUT2D eigenvalue weighted by Gasteiger charge is 2.25. The summed E-state index contributed by atoms with van der Waals surface area (Å²) in [7, 11) is -1.92. The number of hydrogen-bond donors (Lipinski definition) is 1. The van der Waals surface area contributed by atoms with E-state index in [0.29, 0.717) is 25.2 Å². The highest BCUT2D eigenvalue weighted by Crippen LogP contribution is 2.21. The topological polar surface area (TPSA) is 83.7 Å². The number of hydrogen-bond acceptors (Lipinski definition) is 4. The van der Waals surface area contributed by atoms with Crippen molar-refractivity contribution < 1.29 is 13.2 Å². The molecule has 24 heavy (non-hydrogen) atoms. The van der Waals surface area contributed by atoms with E-state index in [1.807, 2.05) is 6.92 Å². The van der Waals surface area contributed by atoms with Crippen LogP contribution in [0.3, 0.4) is 0 Å². The van der Waals surface area contributed by atoms with Gasteiger partial charge < -0.3 is 10.6 Å². The quantitative estimate of drug-likeness (QED) is 0.786. The summed E-state index contributed by atoms with van der Waals surface area (Å²) < 4.78 is 26.6. The maximum Gasteiger partial charge on any atom is 0.254 e. The average Bonchev–Trinajstić information content (AvgIpc) is 2.53. The summed E-state index contributed by atoms with van der Waals surface area (Å²) in [4.78, 5) is 14.3. The molecule has 0 aliphatic rings. The number of nitrogens with two attached hydrogens (primary N) is 1. The van der Waals surface area contributed by atoms with Crippen molar-refractivity contribution >= 4 is 28.3 Å². The molecule has 1 aromatic rings. The van der Waals surface area contributed by atoms with Gasteiger partial charge in [0.2, 0.25) is 10.0 Å². The van der Waals surface area contributed by atoms with Gasteiger partial charge in [0.25, 0.3) is 5.91 Å². The molecule has 0 aliphatic carbocycles. The van der Waals surface area contributed by atoms with Crippen LogP contribution in [0.1, 0.15) is 36.7 Å². The monoisotopic (exact) mass is 377 g/mol. The van der Waals surface area contributed by atoms with Gasteiger partial charge in [0.15, 0.2) is 0 Å². The molecule has 0 heterocycles. The molecule has 0 spiro atoms. The Morgan fingerprint density at radius 3 is 2.25 bits per heavy atom. The molecule has 0 saturated carbocycles. The van der Waals surface area contributed by atoms with Crippen LogP contribution in [-0.4, -0.2) is 56.3 Å². The summed E-state index contributed by atoms with van der Waals surface area (Å²) >= 11 is 0. The van der Waals surface area contributed by atoms with E-state index in [1.165, 1.54) is 15.3 Å². The zero-order chi connectivity index (χ0) is 17.8. The molecule has 1 atom stereocenters. The molecule has 1 rings (SSSR count). The van der Waals surface area contributed by atoms with Crippen molar-refractivity contribution in [2.24, 2.45) is 5.73 Å². The van der Waals surface area contributed by atoms with Crippen LogP contribution < -0.4 is 5.73 Å². The van der Waals surface area contributed by atoms with Gasteiger partial charge in [-0.2, -0.15) is 4.31 Å². The molecule has 1 aromatic carbocycles. The summed E-state index contributed by atoms with van der Waals surface area (Å²) in [6.07, 6.45) is 0. The van der Waals surface area contributed by atoms with E-state index in [1.54, 1.807) is 40.0 Å². The van der Waals surface area contributed by atoms with Gasteiger partial charge in [-0.1, -0.05) is 19.9 Å². The third-order valence-corrected chi connectivity index (χ3v) is 6.15. The number of benzene rings is 1. The number of likely N-dealkylation sites (N-methyl/N-ethyl adjacent to an activating group) is 1. The van der Waals surface area contributed by atoms with Gasteiger partial charge in [-0.15, -0.1) is 12.4 Å². The third kappa shape index (κ3) is 4.69. The van der Waals surface area contributed by atoms with Crippen molar-refractivity contribution in [2.45, 2.75) is 38.6 Å². The average molecular weight is 378 g/mol. The molecule has 6 nitrogen and oxygen atoms in total. The zero-order valence-corrected chi connectivity index (χ0v) is 16.6. The predicted molar refractivity (Wildman–Crippen MR) is 99.1 cm³/mol. The number of rotatable bonds is 7. The highest BCUT2D eigenvalue weighted by atomic mass is 35.5. The summed E-state index contributed by atoms with van der Waals surface area (Å²) in [5, 5.41) is 0. The molecule has 138 valence electrons. The lowest BCUT2D eigenvalue weighted by molar-refractivity contribution is 0.0747. The third-order valence-electron chi connectivity index (χ3n) is 4.11. The number of carbonyl (C=O) groups is 1. The smallest absolute Gasteiger partial charge is 0.254 e. The first-order valence-electron chi connectivity index (χ1n) is 7.78. The van der Waals surface area contributed by atoms with Gasteiger partial charge in [0.05, 0.1) is 4.90 Å². The predicted octanol–water partition coefficient (Wildman–Crippen LogP) is 1.87. The van der Waals surface area contributed by atoms with E-state index >= 15 is 0 Å². The number of sulfonamides is 1. The maximum absolute atomic E-state index is 12.6. The van der Waals surface area contributed by atoms with Crippen LogP contribution in [0.5, 0.6) is 0 Å². The van der Waals surface area contributed by atoms with E-state index in [0.717, 1.165) is 5.56 Å². The molecular weight excluding hydrogens is 350 g/mol. The zero-order valence-electron chi connectivity index (χ0n) is 14.9. The number of nitrogens with zero attached hydrogens (tertiary/aromatic N) is 2. The lowest BCUT2D eigenvalue weighted by Crippen LogP contribution is -2.40. The molecule has 0 radical (unpaired) electrons. The lowest BCUT2D eigenvalue weighted by Gasteiger charge is -2.25. The van der Waals surface area contributed by atoms with Crippen LogP contribution in [0, 0.1) is 6.92 Å². The Bertz CT molecular complexity index is 661. The molecular formula is C16H28ClN3O3S. The molecule has 1 unspecified atom stereocenters. The first-order chi connectivity index (χ1) is 10.7. The van der Waals surface area contributed by atoms with Crippen LogP contribution in [0.25, 0.3) is 0 Å². The summed E-state index contributed by atoms with van der Waals surface area (Å²) in [5.41, 5.74) is 6.74. The molecule has 1 amide bonds. The molecule has 0 fully saturated rings. The minimum absolute atomic E-state index is 0. The molecule has 0 saturated heterocycles. The van der Waals surface area contributed by atoms with Crippen molar-refractivity contribution in [1.82, 2.24) is 9.21 Å². The number of carbonyl (C=O) groups excluding carboxylic acids is 1. The van der Waals surface area contributed by atoms with Gasteiger partial charge in [-0.05, 0) is 31.5 Å². The second-order valence-electron chi connectivity index (χ2n) is 5.57. The van der Waals surface area contributed by atoms with Crippen molar-refractivity contribution in [2.75, 3.05) is 26.7 Å². The molecule has 0 aliphatic heterocycles.